The van der Waals surface area contributed by atoms with Gasteiger partial charge in [0.05, 0.1) is 6.42 Å². The van der Waals surface area contributed by atoms with Crippen LogP contribution in [-0.2, 0) is 4.79 Å². The molecule has 1 saturated heterocycles. The van der Waals surface area contributed by atoms with E-state index in [0.717, 1.165) is 12.8 Å². The summed E-state index contributed by atoms with van der Waals surface area (Å²) in [7, 11) is 1.55. The van der Waals surface area contributed by atoms with Gasteiger partial charge in [-0.25, -0.2) is 4.79 Å². The van der Waals surface area contributed by atoms with Gasteiger partial charge in [-0.15, -0.1) is 0 Å². The van der Waals surface area contributed by atoms with Gasteiger partial charge in [0.2, 0.25) is 5.91 Å². The Morgan fingerprint density at radius 2 is 2.33 bits per heavy atom. The standard InChI is InChI=1S/C9H14N4O2/c1-11-7(14)4-6-8(10)12-9(15)13(6)5-2-3-5/h5-6H,2-4H2,1H3,(H,11,14)(H2,10,12,15). The molecule has 0 radical (unpaired) electrons. The SMILES string of the molecule is CNC(=O)CC1C(=N)NC(=O)N1C1CC1. The molecule has 1 unspecified atom stereocenters. The second-order valence-corrected chi connectivity index (χ2v) is 3.88. The van der Waals surface area contributed by atoms with Crippen LogP contribution in [0, 0.1) is 5.41 Å². The zero-order valence-electron chi connectivity index (χ0n) is 8.54. The number of rotatable bonds is 3. The molecule has 6 nitrogen and oxygen atoms in total. The number of nitrogens with zero attached hydrogens (tertiary/aromatic N) is 1. The average Bonchev–Trinajstić information content (AvgIpc) is 2.96. The molecule has 3 amide bonds. The Labute approximate surface area is 87.5 Å². The van der Waals surface area contributed by atoms with E-state index in [0.29, 0.717) is 0 Å². The highest BCUT2D eigenvalue weighted by atomic mass is 16.2. The Balaban J connectivity index is 2.08. The van der Waals surface area contributed by atoms with Crippen LogP contribution in [0.5, 0.6) is 0 Å². The summed E-state index contributed by atoms with van der Waals surface area (Å²) in [6.45, 7) is 0. The molecule has 0 aromatic rings. The molecule has 15 heavy (non-hydrogen) atoms. The Morgan fingerprint density at radius 3 is 2.87 bits per heavy atom. The van der Waals surface area contributed by atoms with Crippen LogP contribution < -0.4 is 10.6 Å². The predicted octanol–water partition coefficient (Wildman–Crippen LogP) is -0.344. The van der Waals surface area contributed by atoms with Crippen molar-refractivity contribution in [1.29, 1.82) is 5.41 Å². The maximum Gasteiger partial charge on any atom is 0.323 e. The lowest BCUT2D eigenvalue weighted by molar-refractivity contribution is -0.121. The van der Waals surface area contributed by atoms with Gasteiger partial charge in [0.1, 0.15) is 11.9 Å². The summed E-state index contributed by atoms with van der Waals surface area (Å²) >= 11 is 0. The number of amidine groups is 1. The second-order valence-electron chi connectivity index (χ2n) is 3.88. The summed E-state index contributed by atoms with van der Waals surface area (Å²) in [6.07, 6.45) is 2.13. The lowest BCUT2D eigenvalue weighted by atomic mass is 10.1. The van der Waals surface area contributed by atoms with Crippen molar-refractivity contribution in [2.45, 2.75) is 31.3 Å². The summed E-state index contributed by atoms with van der Waals surface area (Å²) in [4.78, 5) is 24.3. The summed E-state index contributed by atoms with van der Waals surface area (Å²) in [5.41, 5.74) is 0. The number of carbonyl (C=O) groups is 2. The van der Waals surface area contributed by atoms with Crippen LogP contribution in [0.25, 0.3) is 0 Å². The fourth-order valence-electron chi connectivity index (χ4n) is 1.79. The molecule has 0 bridgehead atoms. The van der Waals surface area contributed by atoms with Gasteiger partial charge in [0, 0.05) is 13.1 Å². The van der Waals surface area contributed by atoms with Crippen LogP contribution in [0.1, 0.15) is 19.3 Å². The third-order valence-corrected chi connectivity index (χ3v) is 2.74. The van der Waals surface area contributed by atoms with E-state index in [-0.39, 0.29) is 30.2 Å². The van der Waals surface area contributed by atoms with Crippen LogP contribution >= 0.6 is 0 Å². The van der Waals surface area contributed by atoms with E-state index in [9.17, 15) is 9.59 Å². The highest BCUT2D eigenvalue weighted by molar-refractivity contribution is 6.07. The van der Waals surface area contributed by atoms with Crippen molar-refractivity contribution in [3.63, 3.8) is 0 Å². The zero-order valence-corrected chi connectivity index (χ0v) is 8.54. The van der Waals surface area contributed by atoms with Crippen molar-refractivity contribution in [1.82, 2.24) is 15.5 Å². The topological polar surface area (TPSA) is 85.3 Å². The number of hydrogen-bond acceptors (Lipinski definition) is 3. The minimum atomic E-state index is -0.398. The van der Waals surface area contributed by atoms with Gasteiger partial charge < -0.3 is 10.2 Å². The van der Waals surface area contributed by atoms with Gasteiger partial charge in [-0.3, -0.25) is 15.5 Å². The predicted molar refractivity (Wildman–Crippen MR) is 53.6 cm³/mol. The Kier molecular flexibility index (Phi) is 2.34. The molecule has 1 heterocycles. The molecule has 0 aromatic heterocycles. The lowest BCUT2D eigenvalue weighted by Gasteiger charge is -2.21. The van der Waals surface area contributed by atoms with E-state index in [1.165, 1.54) is 0 Å². The van der Waals surface area contributed by atoms with Gasteiger partial charge in [-0.05, 0) is 12.8 Å². The maximum absolute atomic E-state index is 11.5. The molecular weight excluding hydrogens is 196 g/mol. The molecule has 1 atom stereocenters. The molecule has 3 N–H and O–H groups in total. The number of hydrogen-bond donors (Lipinski definition) is 3. The largest absolute Gasteiger partial charge is 0.359 e. The number of carbonyl (C=O) groups excluding carboxylic acids is 2. The molecular formula is C9H14N4O2. The minimum Gasteiger partial charge on any atom is -0.359 e. The van der Waals surface area contributed by atoms with E-state index in [2.05, 4.69) is 10.6 Å². The van der Waals surface area contributed by atoms with Crippen LogP contribution in [0.3, 0.4) is 0 Å². The monoisotopic (exact) mass is 210 g/mol. The minimum absolute atomic E-state index is 0.135. The van der Waals surface area contributed by atoms with Crippen LogP contribution in [0.2, 0.25) is 0 Å². The van der Waals surface area contributed by atoms with Gasteiger partial charge in [0.15, 0.2) is 0 Å². The second kappa shape index (κ2) is 3.52. The summed E-state index contributed by atoms with van der Waals surface area (Å²) in [5, 5.41) is 12.6. The quantitative estimate of drug-likeness (QED) is 0.595. The van der Waals surface area contributed by atoms with Crippen molar-refractivity contribution >= 4 is 17.8 Å². The van der Waals surface area contributed by atoms with E-state index in [4.69, 9.17) is 5.41 Å². The van der Waals surface area contributed by atoms with Crippen molar-refractivity contribution < 1.29 is 9.59 Å². The van der Waals surface area contributed by atoms with E-state index >= 15 is 0 Å². The molecule has 1 saturated carbocycles. The zero-order chi connectivity index (χ0) is 11.0. The van der Waals surface area contributed by atoms with Crippen LogP contribution in [0.15, 0.2) is 0 Å². The molecule has 2 aliphatic rings. The molecule has 0 spiro atoms. The fourth-order valence-corrected chi connectivity index (χ4v) is 1.79. The van der Waals surface area contributed by atoms with E-state index in [1.807, 2.05) is 0 Å². The van der Waals surface area contributed by atoms with Crippen molar-refractivity contribution in [3.8, 4) is 0 Å². The van der Waals surface area contributed by atoms with Gasteiger partial charge in [-0.1, -0.05) is 0 Å². The molecule has 1 aliphatic carbocycles. The molecule has 82 valence electrons. The number of nitrogens with one attached hydrogen (secondary N) is 3. The summed E-state index contributed by atoms with van der Waals surface area (Å²) in [5.74, 6) is -0.0117. The van der Waals surface area contributed by atoms with E-state index < -0.39 is 6.04 Å². The normalized spacial score (nSPS) is 25.4. The van der Waals surface area contributed by atoms with Gasteiger partial charge in [-0.2, -0.15) is 0 Å². The molecule has 2 rings (SSSR count). The average molecular weight is 210 g/mol. The highest BCUT2D eigenvalue weighted by Gasteiger charge is 2.44. The third kappa shape index (κ3) is 1.79. The third-order valence-electron chi connectivity index (χ3n) is 2.74. The lowest BCUT2D eigenvalue weighted by Crippen LogP contribution is -2.40. The molecule has 1 aliphatic heterocycles. The Bertz CT molecular complexity index is 324. The number of urea groups is 1. The van der Waals surface area contributed by atoms with Crippen molar-refractivity contribution in [2.75, 3.05) is 7.05 Å². The summed E-state index contributed by atoms with van der Waals surface area (Å²) < 4.78 is 0. The van der Waals surface area contributed by atoms with Crippen LogP contribution in [0.4, 0.5) is 4.79 Å². The first-order valence-electron chi connectivity index (χ1n) is 5.02. The van der Waals surface area contributed by atoms with Gasteiger partial charge in [0.25, 0.3) is 0 Å². The van der Waals surface area contributed by atoms with Crippen molar-refractivity contribution in [2.24, 2.45) is 0 Å². The van der Waals surface area contributed by atoms with Crippen molar-refractivity contribution in [3.05, 3.63) is 0 Å². The maximum atomic E-state index is 11.5. The molecule has 0 aromatic carbocycles. The summed E-state index contributed by atoms with van der Waals surface area (Å²) in [6, 6.07) is -0.413. The van der Waals surface area contributed by atoms with E-state index in [1.54, 1.807) is 11.9 Å². The van der Waals surface area contributed by atoms with Gasteiger partial charge >= 0.3 is 6.03 Å². The first kappa shape index (κ1) is 9.95. The first-order valence-corrected chi connectivity index (χ1v) is 5.02. The van der Waals surface area contributed by atoms with Crippen LogP contribution in [-0.4, -0.2) is 41.8 Å². The number of amides is 3. The Morgan fingerprint density at radius 1 is 1.67 bits per heavy atom. The molecule has 2 fully saturated rings. The molecule has 6 heteroatoms. The smallest absolute Gasteiger partial charge is 0.323 e. The highest BCUT2D eigenvalue weighted by Crippen LogP contribution is 2.31. The fraction of sp³-hybridized carbons (Fsp3) is 0.667. The first-order chi connectivity index (χ1) is 7.13. The Hall–Kier alpha value is -1.59.